The Balaban J connectivity index is 2.21. The average Bonchev–Trinajstić information content (AvgIpc) is 2.48. The zero-order chi connectivity index (χ0) is 14.5. The van der Waals surface area contributed by atoms with E-state index in [1.165, 1.54) is 16.7 Å². The Morgan fingerprint density at radius 1 is 1.15 bits per heavy atom. The lowest BCUT2D eigenvalue weighted by Gasteiger charge is -2.17. The molecule has 2 aromatic rings. The van der Waals surface area contributed by atoms with E-state index < -0.39 is 0 Å². The Hall–Kier alpha value is -1.94. The van der Waals surface area contributed by atoms with Crippen LogP contribution in [-0.4, -0.2) is 24.4 Å². The van der Waals surface area contributed by atoms with Gasteiger partial charge in [0.15, 0.2) is 0 Å². The van der Waals surface area contributed by atoms with Gasteiger partial charge in [0, 0.05) is 6.07 Å². The Morgan fingerprint density at radius 2 is 1.95 bits per heavy atom. The van der Waals surface area contributed by atoms with Crippen LogP contribution in [0.1, 0.15) is 28.4 Å². The molecule has 0 radical (unpaired) electrons. The molecule has 1 aromatic heterocycles. The highest BCUT2D eigenvalue weighted by atomic mass is 16.5. The van der Waals surface area contributed by atoms with Gasteiger partial charge in [-0.05, 0) is 44.5 Å². The van der Waals surface area contributed by atoms with Crippen molar-refractivity contribution in [2.24, 2.45) is 0 Å². The fraction of sp³-hybridized carbons (Fsp3) is 0.375. The largest absolute Gasteiger partial charge is 0.480 e. The third kappa shape index (κ3) is 3.33. The second kappa shape index (κ2) is 6.48. The van der Waals surface area contributed by atoms with Crippen LogP contribution in [0.2, 0.25) is 0 Å². The molecular formula is C16H21N3O. The van der Waals surface area contributed by atoms with E-state index in [4.69, 9.17) is 4.74 Å². The van der Waals surface area contributed by atoms with E-state index in [2.05, 4.69) is 47.6 Å². The summed E-state index contributed by atoms with van der Waals surface area (Å²) in [5.74, 6) is 0.537. The van der Waals surface area contributed by atoms with Gasteiger partial charge in [-0.25, -0.2) is 0 Å². The molecular weight excluding hydrogens is 250 g/mol. The number of nitrogens with one attached hydrogen (secondary N) is 1. The molecule has 0 aliphatic heterocycles. The number of likely N-dealkylation sites (N-methyl/N-ethyl adjacent to an activating group) is 1. The Morgan fingerprint density at radius 3 is 2.55 bits per heavy atom. The summed E-state index contributed by atoms with van der Waals surface area (Å²) in [7, 11) is 3.54. The highest BCUT2D eigenvalue weighted by Gasteiger charge is 2.14. The Bertz CT molecular complexity index is 566. The smallest absolute Gasteiger partial charge is 0.233 e. The second-order valence-electron chi connectivity index (χ2n) is 4.98. The van der Waals surface area contributed by atoms with E-state index in [0.717, 1.165) is 12.1 Å². The molecule has 0 saturated heterocycles. The zero-order valence-electron chi connectivity index (χ0n) is 12.5. The van der Waals surface area contributed by atoms with Gasteiger partial charge >= 0.3 is 0 Å². The molecule has 0 fully saturated rings. The van der Waals surface area contributed by atoms with Gasteiger partial charge < -0.3 is 10.1 Å². The van der Waals surface area contributed by atoms with Gasteiger partial charge in [0.25, 0.3) is 0 Å². The maximum Gasteiger partial charge on any atom is 0.233 e. The van der Waals surface area contributed by atoms with Crippen molar-refractivity contribution in [1.82, 2.24) is 15.5 Å². The number of rotatable bonds is 5. The van der Waals surface area contributed by atoms with E-state index in [-0.39, 0.29) is 6.04 Å². The molecule has 106 valence electrons. The van der Waals surface area contributed by atoms with Gasteiger partial charge in [0.1, 0.15) is 0 Å². The third-order valence-corrected chi connectivity index (χ3v) is 3.50. The van der Waals surface area contributed by atoms with Gasteiger partial charge in [-0.2, -0.15) is 5.10 Å². The molecule has 1 aromatic carbocycles. The van der Waals surface area contributed by atoms with E-state index in [1.54, 1.807) is 7.11 Å². The molecule has 4 nitrogen and oxygen atoms in total. The minimum atomic E-state index is 0.147. The van der Waals surface area contributed by atoms with Crippen molar-refractivity contribution >= 4 is 0 Å². The van der Waals surface area contributed by atoms with Crippen molar-refractivity contribution in [3.63, 3.8) is 0 Å². The number of ether oxygens (including phenoxy) is 1. The van der Waals surface area contributed by atoms with Crippen LogP contribution in [0.3, 0.4) is 0 Å². The van der Waals surface area contributed by atoms with Crippen LogP contribution in [0, 0.1) is 13.8 Å². The monoisotopic (exact) mass is 271 g/mol. The molecule has 1 unspecified atom stereocenters. The average molecular weight is 271 g/mol. The standard InChI is InChI=1S/C16H21N3O/c1-11-5-6-12(2)13(9-11)10-15(17-3)14-7-8-16(20-4)19-18-14/h5-9,15,17H,10H2,1-4H3. The molecule has 20 heavy (non-hydrogen) atoms. The quantitative estimate of drug-likeness (QED) is 0.908. The maximum absolute atomic E-state index is 5.04. The highest BCUT2D eigenvalue weighted by molar-refractivity contribution is 5.32. The van der Waals surface area contributed by atoms with Crippen molar-refractivity contribution in [1.29, 1.82) is 0 Å². The number of hydrogen-bond acceptors (Lipinski definition) is 4. The van der Waals surface area contributed by atoms with Gasteiger partial charge in [0.2, 0.25) is 5.88 Å². The first-order valence-electron chi connectivity index (χ1n) is 6.75. The number of hydrogen-bond donors (Lipinski definition) is 1. The number of nitrogens with zero attached hydrogens (tertiary/aromatic N) is 2. The normalized spacial score (nSPS) is 12.2. The number of aryl methyl sites for hydroxylation is 2. The summed E-state index contributed by atoms with van der Waals surface area (Å²) in [6.45, 7) is 4.26. The predicted octanol–water partition coefficient (Wildman–Crippen LogP) is 2.61. The first-order valence-corrected chi connectivity index (χ1v) is 6.75. The molecule has 0 saturated carbocycles. The zero-order valence-corrected chi connectivity index (χ0v) is 12.5. The van der Waals surface area contributed by atoms with Crippen molar-refractivity contribution in [2.75, 3.05) is 14.2 Å². The van der Waals surface area contributed by atoms with Crippen LogP contribution in [0.25, 0.3) is 0 Å². The lowest BCUT2D eigenvalue weighted by molar-refractivity contribution is 0.389. The number of aromatic nitrogens is 2. The molecule has 0 amide bonds. The van der Waals surface area contributed by atoms with E-state index in [0.29, 0.717) is 5.88 Å². The molecule has 1 N–H and O–H groups in total. The molecule has 1 atom stereocenters. The van der Waals surface area contributed by atoms with E-state index >= 15 is 0 Å². The van der Waals surface area contributed by atoms with Crippen LogP contribution in [0.4, 0.5) is 0 Å². The summed E-state index contributed by atoms with van der Waals surface area (Å²) in [4.78, 5) is 0. The topological polar surface area (TPSA) is 47.0 Å². The molecule has 0 spiro atoms. The molecule has 1 heterocycles. The van der Waals surface area contributed by atoms with Crippen LogP contribution in [0.5, 0.6) is 5.88 Å². The fourth-order valence-electron chi connectivity index (χ4n) is 2.22. The predicted molar refractivity (Wildman–Crippen MR) is 80.0 cm³/mol. The summed E-state index contributed by atoms with van der Waals surface area (Å²) in [5.41, 5.74) is 4.84. The van der Waals surface area contributed by atoms with Gasteiger partial charge in [0.05, 0.1) is 18.8 Å². The van der Waals surface area contributed by atoms with Gasteiger partial charge in [-0.15, -0.1) is 5.10 Å². The van der Waals surface area contributed by atoms with Crippen LogP contribution >= 0.6 is 0 Å². The lowest BCUT2D eigenvalue weighted by atomic mass is 9.97. The van der Waals surface area contributed by atoms with Gasteiger partial charge in [-0.3, -0.25) is 0 Å². The van der Waals surface area contributed by atoms with Crippen molar-refractivity contribution in [3.05, 3.63) is 52.7 Å². The third-order valence-electron chi connectivity index (χ3n) is 3.50. The molecule has 4 heteroatoms. The summed E-state index contributed by atoms with van der Waals surface area (Å²) in [6.07, 6.45) is 0.894. The Labute approximate surface area is 120 Å². The highest BCUT2D eigenvalue weighted by Crippen LogP contribution is 2.20. The number of methoxy groups -OCH3 is 1. The van der Waals surface area contributed by atoms with Crippen LogP contribution in [0.15, 0.2) is 30.3 Å². The van der Waals surface area contributed by atoms with Gasteiger partial charge in [-0.1, -0.05) is 23.8 Å². The minimum absolute atomic E-state index is 0.147. The molecule has 0 aliphatic carbocycles. The van der Waals surface area contributed by atoms with E-state index in [9.17, 15) is 0 Å². The summed E-state index contributed by atoms with van der Waals surface area (Å²) in [5, 5.41) is 11.6. The first kappa shape index (κ1) is 14.5. The van der Waals surface area contributed by atoms with E-state index in [1.807, 2.05) is 19.2 Å². The second-order valence-corrected chi connectivity index (χ2v) is 4.98. The molecule has 2 rings (SSSR count). The SMILES string of the molecule is CNC(Cc1cc(C)ccc1C)c1ccc(OC)nn1. The van der Waals surface area contributed by atoms with Crippen LogP contribution in [-0.2, 0) is 6.42 Å². The lowest BCUT2D eigenvalue weighted by Crippen LogP contribution is -2.21. The van der Waals surface area contributed by atoms with Crippen LogP contribution < -0.4 is 10.1 Å². The fourth-order valence-corrected chi connectivity index (χ4v) is 2.22. The molecule has 0 bridgehead atoms. The molecule has 0 aliphatic rings. The van der Waals surface area contributed by atoms with Crippen molar-refractivity contribution in [2.45, 2.75) is 26.3 Å². The van der Waals surface area contributed by atoms with Crippen molar-refractivity contribution in [3.8, 4) is 5.88 Å². The summed E-state index contributed by atoms with van der Waals surface area (Å²) >= 11 is 0. The maximum atomic E-state index is 5.04. The first-order chi connectivity index (χ1) is 9.63. The number of benzene rings is 1. The summed E-state index contributed by atoms with van der Waals surface area (Å²) < 4.78 is 5.04. The summed E-state index contributed by atoms with van der Waals surface area (Å²) in [6, 6.07) is 10.5. The van der Waals surface area contributed by atoms with Crippen molar-refractivity contribution < 1.29 is 4.74 Å². The minimum Gasteiger partial charge on any atom is -0.480 e. The Kier molecular flexibility index (Phi) is 4.69.